The van der Waals surface area contributed by atoms with E-state index in [1.165, 1.54) is 0 Å². The molecule has 0 aromatic rings. The lowest BCUT2D eigenvalue weighted by Crippen LogP contribution is -2.67. The summed E-state index contributed by atoms with van der Waals surface area (Å²) in [7, 11) is -4.56. The molecule has 0 rings (SSSR count). The zero-order valence-electron chi connectivity index (χ0n) is 5.51. The van der Waals surface area contributed by atoms with Gasteiger partial charge in [-0.15, -0.1) is 0 Å². The third kappa shape index (κ3) is 5.96. The molecule has 0 amide bonds. The monoisotopic (exact) mass is 186 g/mol. The molecule has 0 spiro atoms. The number of rotatable bonds is 4. The lowest BCUT2D eigenvalue weighted by molar-refractivity contribution is -0.411. The number of quaternary nitrogens is 1. The molecule has 0 bridgehead atoms. The minimum atomic E-state index is -4.56. The molecule has 0 aliphatic rings. The van der Waals surface area contributed by atoms with Crippen molar-refractivity contribution >= 4 is 13.8 Å². The van der Waals surface area contributed by atoms with E-state index >= 15 is 0 Å². The van der Waals surface area contributed by atoms with E-state index in [9.17, 15) is 9.36 Å². The highest BCUT2D eigenvalue weighted by atomic mass is 31.2. The topological polar surface area (TPSA) is 132 Å². The Morgan fingerprint density at radius 3 is 2.36 bits per heavy atom. The SMILES string of the molecule is [NH3+][C@@H](COP(=O)(O)O)C(=O)O. The van der Waals surface area contributed by atoms with E-state index < -0.39 is 26.4 Å². The fraction of sp³-hybridized carbons (Fsp3) is 0.667. The fourth-order valence-corrected chi connectivity index (χ4v) is 0.632. The summed E-state index contributed by atoms with van der Waals surface area (Å²) in [6, 6.07) is -1.16. The Bertz CT molecular complexity index is 186. The molecule has 66 valence electrons. The van der Waals surface area contributed by atoms with Crippen LogP contribution >= 0.6 is 7.82 Å². The second-order valence-corrected chi connectivity index (χ2v) is 3.06. The average Bonchev–Trinajstić information content (AvgIpc) is 1.80. The summed E-state index contributed by atoms with van der Waals surface area (Å²) in [6.07, 6.45) is 0. The Balaban J connectivity index is 3.72. The van der Waals surface area contributed by atoms with Gasteiger partial charge in [0.05, 0.1) is 0 Å². The maximum atomic E-state index is 10.0. The van der Waals surface area contributed by atoms with Crippen LogP contribution in [0, 0.1) is 0 Å². The number of hydrogen-bond acceptors (Lipinski definition) is 3. The summed E-state index contributed by atoms with van der Waals surface area (Å²) in [5.41, 5.74) is 3.07. The van der Waals surface area contributed by atoms with Gasteiger partial charge in [-0.1, -0.05) is 0 Å². The van der Waals surface area contributed by atoms with Crippen molar-refractivity contribution in [2.24, 2.45) is 0 Å². The van der Waals surface area contributed by atoms with E-state index in [1.54, 1.807) is 0 Å². The molecule has 0 saturated carbocycles. The van der Waals surface area contributed by atoms with Crippen LogP contribution in [-0.2, 0) is 13.9 Å². The number of carboxylic acid groups (broad SMARTS) is 1. The predicted octanol–water partition coefficient (Wildman–Crippen LogP) is -2.21. The molecular weight excluding hydrogens is 177 g/mol. The first-order valence-electron chi connectivity index (χ1n) is 2.59. The van der Waals surface area contributed by atoms with Crippen molar-refractivity contribution < 1.29 is 34.5 Å². The molecule has 11 heavy (non-hydrogen) atoms. The van der Waals surface area contributed by atoms with E-state index in [-0.39, 0.29) is 0 Å². The first-order chi connectivity index (χ1) is 4.83. The second-order valence-electron chi connectivity index (χ2n) is 1.82. The van der Waals surface area contributed by atoms with Gasteiger partial charge in [0, 0.05) is 0 Å². The first-order valence-corrected chi connectivity index (χ1v) is 4.12. The third-order valence-electron chi connectivity index (χ3n) is 0.793. The van der Waals surface area contributed by atoms with E-state index in [0.29, 0.717) is 0 Å². The standard InChI is InChI=1S/C3H8NO6P/c4-2(3(5)6)1-10-11(7,8)9/h2H,1,4H2,(H,5,6)(H2,7,8,9)/p+1/t2-/m0/s1. The van der Waals surface area contributed by atoms with Crippen LogP contribution in [0.15, 0.2) is 0 Å². The van der Waals surface area contributed by atoms with Gasteiger partial charge in [0.1, 0.15) is 6.61 Å². The lowest BCUT2D eigenvalue weighted by Gasteiger charge is -2.05. The molecule has 0 heterocycles. The molecule has 0 fully saturated rings. The minimum absolute atomic E-state index is 0.598. The number of phosphoric ester groups is 1. The highest BCUT2D eigenvalue weighted by Gasteiger charge is 2.22. The summed E-state index contributed by atoms with van der Waals surface area (Å²) in [4.78, 5) is 26.3. The second kappa shape index (κ2) is 3.80. The van der Waals surface area contributed by atoms with Crippen molar-refractivity contribution in [2.45, 2.75) is 6.04 Å². The van der Waals surface area contributed by atoms with Crippen molar-refractivity contribution in [3.8, 4) is 0 Å². The van der Waals surface area contributed by atoms with E-state index in [2.05, 4.69) is 10.3 Å². The summed E-state index contributed by atoms with van der Waals surface area (Å²) < 4.78 is 13.9. The van der Waals surface area contributed by atoms with Crippen LogP contribution in [-0.4, -0.2) is 33.5 Å². The molecule has 0 saturated heterocycles. The molecule has 0 aliphatic heterocycles. The van der Waals surface area contributed by atoms with E-state index in [1.807, 2.05) is 0 Å². The maximum Gasteiger partial charge on any atom is 0.469 e. The van der Waals surface area contributed by atoms with Gasteiger partial charge in [0.25, 0.3) is 0 Å². The van der Waals surface area contributed by atoms with Gasteiger partial charge in [0.15, 0.2) is 0 Å². The van der Waals surface area contributed by atoms with Gasteiger partial charge in [-0.25, -0.2) is 9.36 Å². The van der Waals surface area contributed by atoms with Gasteiger partial charge in [-0.05, 0) is 0 Å². The Morgan fingerprint density at radius 1 is 1.64 bits per heavy atom. The number of carbonyl (C=O) groups is 1. The molecule has 0 aromatic carbocycles. The van der Waals surface area contributed by atoms with Crippen molar-refractivity contribution in [1.29, 1.82) is 0 Å². The summed E-state index contributed by atoms with van der Waals surface area (Å²) >= 11 is 0. The number of carboxylic acids is 1. The Hall–Kier alpha value is -0.460. The molecular formula is C3H9NO6P+. The lowest BCUT2D eigenvalue weighted by atomic mass is 10.3. The van der Waals surface area contributed by atoms with E-state index in [4.69, 9.17) is 14.9 Å². The van der Waals surface area contributed by atoms with Crippen molar-refractivity contribution in [3.63, 3.8) is 0 Å². The molecule has 1 atom stereocenters. The molecule has 0 aromatic heterocycles. The van der Waals surface area contributed by atoms with Crippen LogP contribution in [0.4, 0.5) is 0 Å². The average molecular weight is 186 g/mol. The van der Waals surface area contributed by atoms with Crippen LogP contribution in [0.2, 0.25) is 0 Å². The van der Waals surface area contributed by atoms with Crippen LogP contribution in [0.25, 0.3) is 0 Å². The molecule has 7 nitrogen and oxygen atoms in total. The van der Waals surface area contributed by atoms with Crippen molar-refractivity contribution in [3.05, 3.63) is 0 Å². The first kappa shape index (κ1) is 10.5. The summed E-state index contributed by atoms with van der Waals surface area (Å²) in [5, 5.41) is 8.18. The number of aliphatic carboxylic acids is 1. The van der Waals surface area contributed by atoms with Gasteiger partial charge in [0.2, 0.25) is 6.04 Å². The highest BCUT2D eigenvalue weighted by Crippen LogP contribution is 2.35. The number of phosphoric acid groups is 1. The zero-order valence-corrected chi connectivity index (χ0v) is 6.40. The van der Waals surface area contributed by atoms with Crippen molar-refractivity contribution in [1.82, 2.24) is 0 Å². The molecule has 0 aliphatic carbocycles. The number of hydrogen-bond donors (Lipinski definition) is 4. The molecule has 0 radical (unpaired) electrons. The van der Waals surface area contributed by atoms with Crippen LogP contribution in [0.5, 0.6) is 0 Å². The zero-order chi connectivity index (χ0) is 9.07. The summed E-state index contributed by atoms with van der Waals surface area (Å²) in [5.74, 6) is -1.27. The van der Waals surface area contributed by atoms with E-state index in [0.717, 1.165) is 0 Å². The maximum absolute atomic E-state index is 10.0. The summed E-state index contributed by atoms with van der Waals surface area (Å²) in [6.45, 7) is -0.598. The highest BCUT2D eigenvalue weighted by molar-refractivity contribution is 7.46. The van der Waals surface area contributed by atoms with Crippen LogP contribution in [0.3, 0.4) is 0 Å². The normalized spacial score (nSPS) is 14.5. The largest absolute Gasteiger partial charge is 0.477 e. The van der Waals surface area contributed by atoms with Gasteiger partial charge < -0.3 is 20.6 Å². The van der Waals surface area contributed by atoms with Crippen LogP contribution < -0.4 is 5.73 Å². The molecule has 6 N–H and O–H groups in total. The predicted molar refractivity (Wildman–Crippen MR) is 32.3 cm³/mol. The molecule has 0 unspecified atom stereocenters. The smallest absolute Gasteiger partial charge is 0.469 e. The molecule has 8 heteroatoms. The van der Waals surface area contributed by atoms with Crippen molar-refractivity contribution in [2.75, 3.05) is 6.61 Å². The Morgan fingerprint density at radius 2 is 2.09 bits per heavy atom. The Labute approximate surface area is 62.0 Å². The fourth-order valence-electron chi connectivity index (χ4n) is 0.258. The van der Waals surface area contributed by atoms with Gasteiger partial charge >= 0.3 is 13.8 Å². The quantitative estimate of drug-likeness (QED) is 0.368. The minimum Gasteiger partial charge on any atom is -0.477 e. The van der Waals surface area contributed by atoms with Gasteiger partial charge in [-0.3, -0.25) is 4.52 Å². The van der Waals surface area contributed by atoms with Gasteiger partial charge in [-0.2, -0.15) is 0 Å². The van der Waals surface area contributed by atoms with Crippen LogP contribution in [0.1, 0.15) is 0 Å². The third-order valence-corrected chi connectivity index (χ3v) is 1.28. The Kier molecular flexibility index (Phi) is 3.64.